The fraction of sp³-hybridized carbons (Fsp3) is 0.261. The van der Waals surface area contributed by atoms with Crippen LogP contribution in [-0.2, 0) is 6.54 Å². The molecule has 1 fully saturated rings. The van der Waals surface area contributed by atoms with Crippen LogP contribution in [0, 0.1) is 6.92 Å². The predicted molar refractivity (Wildman–Crippen MR) is 115 cm³/mol. The van der Waals surface area contributed by atoms with Gasteiger partial charge in [-0.15, -0.1) is 0 Å². The minimum absolute atomic E-state index is 0.161. The number of aryl methyl sites for hydroxylation is 1. The van der Waals surface area contributed by atoms with Crippen molar-refractivity contribution < 1.29 is 4.79 Å². The second kappa shape index (κ2) is 8.73. The maximum atomic E-state index is 12.4. The molecule has 0 radical (unpaired) electrons. The number of aromatic nitrogens is 2. The fourth-order valence-electron chi connectivity index (χ4n) is 3.40. The highest BCUT2D eigenvalue weighted by Crippen LogP contribution is 2.17. The Morgan fingerprint density at radius 2 is 1.52 bits per heavy atom. The number of benzene rings is 2. The van der Waals surface area contributed by atoms with E-state index < -0.39 is 0 Å². The molecular weight excluding hydrogens is 362 g/mol. The molecule has 2 heterocycles. The number of carbonyl (C=O) groups excluding carboxylic acids is 1. The van der Waals surface area contributed by atoms with Crippen molar-refractivity contribution in [3.63, 3.8) is 0 Å². The molecule has 1 aliphatic rings. The van der Waals surface area contributed by atoms with E-state index in [0.717, 1.165) is 31.7 Å². The third-order valence-corrected chi connectivity index (χ3v) is 5.16. The number of hydrogen-bond acceptors (Lipinski definition) is 5. The lowest BCUT2D eigenvalue weighted by Gasteiger charge is -2.36. The van der Waals surface area contributed by atoms with E-state index in [-0.39, 0.29) is 5.91 Å². The molecule has 4 rings (SSSR count). The molecule has 148 valence electrons. The van der Waals surface area contributed by atoms with Crippen LogP contribution < -0.4 is 15.1 Å². The van der Waals surface area contributed by atoms with Crippen molar-refractivity contribution in [2.45, 2.75) is 13.5 Å². The Kier molecular flexibility index (Phi) is 5.70. The normalized spacial score (nSPS) is 14.0. The van der Waals surface area contributed by atoms with Gasteiger partial charge in [0.1, 0.15) is 0 Å². The number of para-hydroxylation sites is 1. The average molecular weight is 387 g/mol. The summed E-state index contributed by atoms with van der Waals surface area (Å²) in [5.41, 5.74) is 3.99. The number of nitrogens with zero attached hydrogens (tertiary/aromatic N) is 4. The molecule has 3 aromatic rings. The first-order valence-electron chi connectivity index (χ1n) is 9.90. The number of carbonyl (C=O) groups is 1. The molecular formula is C23H25N5O. The summed E-state index contributed by atoms with van der Waals surface area (Å²) in [7, 11) is 0. The molecule has 6 heteroatoms. The van der Waals surface area contributed by atoms with E-state index in [1.807, 2.05) is 37.3 Å². The molecule has 6 nitrogen and oxygen atoms in total. The minimum Gasteiger partial charge on any atom is -0.368 e. The van der Waals surface area contributed by atoms with Crippen LogP contribution in [0.15, 0.2) is 67.0 Å². The molecule has 0 spiro atoms. The van der Waals surface area contributed by atoms with Gasteiger partial charge in [0.25, 0.3) is 5.91 Å². The summed E-state index contributed by atoms with van der Waals surface area (Å²) in [6, 6.07) is 18.5. The first-order valence-corrected chi connectivity index (χ1v) is 9.90. The van der Waals surface area contributed by atoms with Gasteiger partial charge in [-0.3, -0.25) is 4.79 Å². The zero-order chi connectivity index (χ0) is 20.1. The van der Waals surface area contributed by atoms with Crippen molar-refractivity contribution in [2.75, 3.05) is 36.0 Å². The van der Waals surface area contributed by atoms with Gasteiger partial charge in [-0.1, -0.05) is 48.0 Å². The lowest BCUT2D eigenvalue weighted by molar-refractivity contribution is 0.0950. The van der Waals surface area contributed by atoms with E-state index >= 15 is 0 Å². The molecule has 0 bridgehead atoms. The van der Waals surface area contributed by atoms with E-state index in [4.69, 9.17) is 0 Å². The zero-order valence-corrected chi connectivity index (χ0v) is 16.6. The van der Waals surface area contributed by atoms with E-state index in [9.17, 15) is 4.79 Å². The van der Waals surface area contributed by atoms with Crippen LogP contribution in [0.3, 0.4) is 0 Å². The standard InChI is InChI=1S/C23H25N5O/c1-18-7-9-19(10-8-18)15-24-22(29)20-16-25-23(26-17-20)28-13-11-27(12-14-28)21-5-3-2-4-6-21/h2-10,16-17H,11-15H2,1H3,(H,24,29). The Hall–Kier alpha value is -3.41. The summed E-state index contributed by atoms with van der Waals surface area (Å²) in [6.07, 6.45) is 3.22. The number of nitrogens with one attached hydrogen (secondary N) is 1. The largest absolute Gasteiger partial charge is 0.368 e. The fourth-order valence-corrected chi connectivity index (χ4v) is 3.40. The van der Waals surface area contributed by atoms with Crippen molar-refractivity contribution >= 4 is 17.5 Å². The van der Waals surface area contributed by atoms with Crippen molar-refractivity contribution in [3.8, 4) is 0 Å². The van der Waals surface area contributed by atoms with E-state index in [2.05, 4.69) is 49.4 Å². The van der Waals surface area contributed by atoms with Gasteiger partial charge >= 0.3 is 0 Å². The number of piperazine rings is 1. The Morgan fingerprint density at radius 1 is 0.897 bits per heavy atom. The van der Waals surface area contributed by atoms with E-state index in [1.54, 1.807) is 12.4 Å². The van der Waals surface area contributed by atoms with Crippen LogP contribution in [0.5, 0.6) is 0 Å². The zero-order valence-electron chi connectivity index (χ0n) is 16.6. The molecule has 1 saturated heterocycles. The topological polar surface area (TPSA) is 61.4 Å². The molecule has 2 aromatic carbocycles. The third-order valence-electron chi connectivity index (χ3n) is 5.16. The van der Waals surface area contributed by atoms with Gasteiger partial charge in [0.15, 0.2) is 0 Å². The summed E-state index contributed by atoms with van der Waals surface area (Å²) < 4.78 is 0. The van der Waals surface area contributed by atoms with Crippen molar-refractivity contribution in [1.29, 1.82) is 0 Å². The smallest absolute Gasteiger partial charge is 0.254 e. The van der Waals surface area contributed by atoms with Gasteiger partial charge in [-0.05, 0) is 24.6 Å². The molecule has 29 heavy (non-hydrogen) atoms. The molecule has 0 unspecified atom stereocenters. The van der Waals surface area contributed by atoms with Gasteiger partial charge in [0, 0.05) is 50.8 Å². The quantitative estimate of drug-likeness (QED) is 0.729. The maximum Gasteiger partial charge on any atom is 0.254 e. The molecule has 1 aromatic heterocycles. The molecule has 0 saturated carbocycles. The summed E-state index contributed by atoms with van der Waals surface area (Å²) >= 11 is 0. The molecule has 0 atom stereocenters. The molecule has 0 aliphatic carbocycles. The Labute approximate surface area is 171 Å². The highest BCUT2D eigenvalue weighted by molar-refractivity contribution is 5.93. The Balaban J connectivity index is 1.31. The van der Waals surface area contributed by atoms with Gasteiger partial charge < -0.3 is 15.1 Å². The van der Waals surface area contributed by atoms with Crippen LogP contribution in [0.25, 0.3) is 0 Å². The highest BCUT2D eigenvalue weighted by atomic mass is 16.1. The molecule has 1 amide bonds. The summed E-state index contributed by atoms with van der Waals surface area (Å²) in [5.74, 6) is 0.513. The Morgan fingerprint density at radius 3 is 2.17 bits per heavy atom. The summed E-state index contributed by atoms with van der Waals surface area (Å²) in [5, 5.41) is 2.92. The minimum atomic E-state index is -0.161. The predicted octanol–water partition coefficient (Wildman–Crippen LogP) is 3.04. The third kappa shape index (κ3) is 4.71. The van der Waals surface area contributed by atoms with Crippen LogP contribution in [-0.4, -0.2) is 42.1 Å². The van der Waals surface area contributed by atoms with Gasteiger partial charge in [-0.2, -0.15) is 0 Å². The second-order valence-corrected chi connectivity index (χ2v) is 7.25. The van der Waals surface area contributed by atoms with Crippen molar-refractivity contribution in [2.24, 2.45) is 0 Å². The number of amides is 1. The lowest BCUT2D eigenvalue weighted by atomic mass is 10.1. The van der Waals surface area contributed by atoms with Gasteiger partial charge in [0.2, 0.25) is 5.95 Å². The van der Waals surface area contributed by atoms with Crippen LogP contribution in [0.4, 0.5) is 11.6 Å². The lowest BCUT2D eigenvalue weighted by Crippen LogP contribution is -2.47. The van der Waals surface area contributed by atoms with Crippen LogP contribution in [0.1, 0.15) is 21.5 Å². The van der Waals surface area contributed by atoms with E-state index in [1.165, 1.54) is 11.3 Å². The SMILES string of the molecule is Cc1ccc(CNC(=O)c2cnc(N3CCN(c4ccccc4)CC3)nc2)cc1. The first kappa shape index (κ1) is 18.9. The highest BCUT2D eigenvalue weighted by Gasteiger charge is 2.19. The second-order valence-electron chi connectivity index (χ2n) is 7.25. The summed E-state index contributed by atoms with van der Waals surface area (Å²) in [6.45, 7) is 6.09. The number of rotatable bonds is 5. The number of anilines is 2. The van der Waals surface area contributed by atoms with Crippen LogP contribution in [0.2, 0.25) is 0 Å². The molecule has 1 N–H and O–H groups in total. The molecule has 1 aliphatic heterocycles. The van der Waals surface area contributed by atoms with E-state index in [0.29, 0.717) is 18.1 Å². The Bertz CT molecular complexity index is 933. The monoisotopic (exact) mass is 387 g/mol. The van der Waals surface area contributed by atoms with Crippen LogP contribution >= 0.6 is 0 Å². The van der Waals surface area contributed by atoms with Gasteiger partial charge in [0.05, 0.1) is 5.56 Å². The van der Waals surface area contributed by atoms with Crippen molar-refractivity contribution in [1.82, 2.24) is 15.3 Å². The number of hydrogen-bond donors (Lipinski definition) is 1. The average Bonchev–Trinajstić information content (AvgIpc) is 2.79. The maximum absolute atomic E-state index is 12.4. The van der Waals surface area contributed by atoms with Gasteiger partial charge in [-0.25, -0.2) is 9.97 Å². The first-order chi connectivity index (χ1) is 14.2. The van der Waals surface area contributed by atoms with Crippen molar-refractivity contribution in [3.05, 3.63) is 83.7 Å². The summed E-state index contributed by atoms with van der Waals surface area (Å²) in [4.78, 5) is 25.7.